The van der Waals surface area contributed by atoms with Gasteiger partial charge in [0, 0.05) is 6.04 Å². The maximum absolute atomic E-state index is 11.8. The summed E-state index contributed by atoms with van der Waals surface area (Å²) in [7, 11) is 1.33. The van der Waals surface area contributed by atoms with Gasteiger partial charge in [-0.2, -0.15) is 0 Å². The number of hydrogen-bond donors (Lipinski definition) is 1. The number of nitrogens with one attached hydrogen (secondary N) is 1. The van der Waals surface area contributed by atoms with Gasteiger partial charge in [0.05, 0.1) is 12.7 Å². The zero-order valence-corrected chi connectivity index (χ0v) is 13.6. The molecule has 0 fully saturated rings. The largest absolute Gasteiger partial charge is 0.484 e. The summed E-state index contributed by atoms with van der Waals surface area (Å²) in [6, 6.07) is 6.65. The van der Waals surface area contributed by atoms with E-state index in [0.29, 0.717) is 11.3 Å². The Balaban J connectivity index is 2.33. The van der Waals surface area contributed by atoms with Crippen LogP contribution in [-0.4, -0.2) is 31.6 Å². The van der Waals surface area contributed by atoms with E-state index in [-0.39, 0.29) is 18.6 Å². The topological polar surface area (TPSA) is 64.6 Å². The zero-order chi connectivity index (χ0) is 16.4. The molecule has 1 unspecified atom stereocenters. The van der Waals surface area contributed by atoms with Crippen molar-refractivity contribution < 1.29 is 19.1 Å². The number of methoxy groups -OCH3 is 1. The van der Waals surface area contributed by atoms with Gasteiger partial charge in [-0.3, -0.25) is 4.79 Å². The van der Waals surface area contributed by atoms with Crippen LogP contribution in [0.5, 0.6) is 5.75 Å². The van der Waals surface area contributed by atoms with E-state index >= 15 is 0 Å². The molecule has 1 amide bonds. The first kappa shape index (κ1) is 18.0. The van der Waals surface area contributed by atoms with Crippen molar-refractivity contribution in [3.8, 4) is 5.75 Å². The predicted octanol–water partition coefficient (Wildman–Crippen LogP) is 2.94. The maximum atomic E-state index is 11.8. The summed E-state index contributed by atoms with van der Waals surface area (Å²) >= 11 is 0. The van der Waals surface area contributed by atoms with E-state index in [2.05, 4.69) is 17.0 Å². The molecule has 5 nitrogen and oxygen atoms in total. The predicted molar refractivity (Wildman–Crippen MR) is 85.0 cm³/mol. The Morgan fingerprint density at radius 1 is 1.18 bits per heavy atom. The average Bonchev–Trinajstić information content (AvgIpc) is 2.53. The van der Waals surface area contributed by atoms with Crippen molar-refractivity contribution in [2.75, 3.05) is 13.7 Å². The van der Waals surface area contributed by atoms with Crippen molar-refractivity contribution in [1.29, 1.82) is 0 Å². The molecule has 1 N–H and O–H groups in total. The number of amides is 1. The van der Waals surface area contributed by atoms with Gasteiger partial charge < -0.3 is 14.8 Å². The highest BCUT2D eigenvalue weighted by molar-refractivity contribution is 5.89. The molecule has 22 heavy (non-hydrogen) atoms. The third-order valence-electron chi connectivity index (χ3n) is 3.29. The molecule has 1 atom stereocenters. The number of rotatable bonds is 9. The Hall–Kier alpha value is -2.04. The summed E-state index contributed by atoms with van der Waals surface area (Å²) in [5, 5.41) is 2.91. The molecule has 0 spiro atoms. The van der Waals surface area contributed by atoms with Crippen LogP contribution in [0.25, 0.3) is 0 Å². The molecule has 0 heterocycles. The quantitative estimate of drug-likeness (QED) is 0.563. The molecule has 1 rings (SSSR count). The minimum absolute atomic E-state index is 0.0321. The van der Waals surface area contributed by atoms with Crippen LogP contribution in [0, 0.1) is 0 Å². The van der Waals surface area contributed by atoms with Gasteiger partial charge in [-0.05, 0) is 37.6 Å². The van der Waals surface area contributed by atoms with E-state index in [1.54, 1.807) is 24.3 Å². The Kier molecular flexibility index (Phi) is 8.04. The van der Waals surface area contributed by atoms with Gasteiger partial charge in [0.1, 0.15) is 5.75 Å². The molecule has 1 aromatic rings. The van der Waals surface area contributed by atoms with Gasteiger partial charge in [-0.1, -0.05) is 26.2 Å². The fourth-order valence-electron chi connectivity index (χ4n) is 2.04. The maximum Gasteiger partial charge on any atom is 0.337 e. The number of unbranched alkanes of at least 4 members (excludes halogenated alkanes) is 2. The van der Waals surface area contributed by atoms with E-state index in [0.717, 1.165) is 12.8 Å². The Morgan fingerprint density at radius 2 is 1.86 bits per heavy atom. The normalized spacial score (nSPS) is 11.6. The lowest BCUT2D eigenvalue weighted by Gasteiger charge is -2.14. The van der Waals surface area contributed by atoms with Crippen molar-refractivity contribution in [2.45, 2.75) is 45.6 Å². The molecule has 0 saturated heterocycles. The molecule has 0 saturated carbocycles. The summed E-state index contributed by atoms with van der Waals surface area (Å²) in [4.78, 5) is 23.1. The van der Waals surface area contributed by atoms with E-state index in [4.69, 9.17) is 4.74 Å². The summed E-state index contributed by atoms with van der Waals surface area (Å²) < 4.78 is 10.0. The van der Waals surface area contributed by atoms with Crippen LogP contribution in [-0.2, 0) is 9.53 Å². The third kappa shape index (κ3) is 6.61. The van der Waals surface area contributed by atoms with Gasteiger partial charge in [0.25, 0.3) is 5.91 Å². The highest BCUT2D eigenvalue weighted by Crippen LogP contribution is 2.12. The van der Waals surface area contributed by atoms with Gasteiger partial charge in [0.15, 0.2) is 6.61 Å². The SMILES string of the molecule is CCCCCC(C)NC(=O)COc1ccc(C(=O)OC)cc1. The standard InChI is InChI=1S/C17H25NO4/c1-4-5-6-7-13(2)18-16(19)12-22-15-10-8-14(9-11-15)17(20)21-3/h8-11,13H,4-7,12H2,1-3H3,(H,18,19). The summed E-state index contributed by atoms with van der Waals surface area (Å²) in [5.41, 5.74) is 0.448. The second-order valence-corrected chi connectivity index (χ2v) is 5.27. The second-order valence-electron chi connectivity index (χ2n) is 5.27. The number of hydrogen-bond acceptors (Lipinski definition) is 4. The first-order valence-electron chi connectivity index (χ1n) is 7.67. The van der Waals surface area contributed by atoms with E-state index in [1.165, 1.54) is 20.0 Å². The summed E-state index contributed by atoms with van der Waals surface area (Å²) in [5.74, 6) is 0.00711. The molecular weight excluding hydrogens is 282 g/mol. The van der Waals surface area contributed by atoms with Gasteiger partial charge in [-0.25, -0.2) is 4.79 Å². The highest BCUT2D eigenvalue weighted by atomic mass is 16.5. The molecule has 5 heteroatoms. The molecule has 0 aliphatic carbocycles. The third-order valence-corrected chi connectivity index (χ3v) is 3.29. The van der Waals surface area contributed by atoms with Crippen LogP contribution >= 0.6 is 0 Å². The van der Waals surface area contributed by atoms with Crippen molar-refractivity contribution in [3.63, 3.8) is 0 Å². The summed E-state index contributed by atoms with van der Waals surface area (Å²) in [6.45, 7) is 4.12. The van der Waals surface area contributed by atoms with Crippen LogP contribution in [0.3, 0.4) is 0 Å². The fraction of sp³-hybridized carbons (Fsp3) is 0.529. The monoisotopic (exact) mass is 307 g/mol. The Bertz CT molecular complexity index is 470. The zero-order valence-electron chi connectivity index (χ0n) is 13.6. The molecule has 122 valence electrons. The first-order chi connectivity index (χ1) is 10.6. The van der Waals surface area contributed by atoms with Gasteiger partial charge >= 0.3 is 5.97 Å². The molecule has 0 aliphatic heterocycles. The fourth-order valence-corrected chi connectivity index (χ4v) is 2.04. The van der Waals surface area contributed by atoms with Crippen LogP contribution in [0.2, 0.25) is 0 Å². The van der Waals surface area contributed by atoms with Gasteiger partial charge in [-0.15, -0.1) is 0 Å². The second kappa shape index (κ2) is 9.82. The lowest BCUT2D eigenvalue weighted by atomic mass is 10.1. The molecule has 0 aliphatic rings. The molecule has 0 aromatic heterocycles. The lowest BCUT2D eigenvalue weighted by Crippen LogP contribution is -2.36. The van der Waals surface area contributed by atoms with Crippen LogP contribution in [0.4, 0.5) is 0 Å². The van der Waals surface area contributed by atoms with Crippen molar-refractivity contribution in [2.24, 2.45) is 0 Å². The number of carbonyl (C=O) groups is 2. The lowest BCUT2D eigenvalue weighted by molar-refractivity contribution is -0.123. The van der Waals surface area contributed by atoms with E-state index in [9.17, 15) is 9.59 Å². The molecule has 0 bridgehead atoms. The minimum Gasteiger partial charge on any atom is -0.484 e. The van der Waals surface area contributed by atoms with E-state index < -0.39 is 5.97 Å². The number of carbonyl (C=O) groups excluding carboxylic acids is 2. The first-order valence-corrected chi connectivity index (χ1v) is 7.67. The van der Waals surface area contributed by atoms with Crippen molar-refractivity contribution in [3.05, 3.63) is 29.8 Å². The highest BCUT2D eigenvalue weighted by Gasteiger charge is 2.09. The number of esters is 1. The van der Waals surface area contributed by atoms with Crippen molar-refractivity contribution in [1.82, 2.24) is 5.32 Å². The van der Waals surface area contributed by atoms with E-state index in [1.807, 2.05) is 6.92 Å². The Labute approximate surface area is 132 Å². The number of ether oxygens (including phenoxy) is 2. The van der Waals surface area contributed by atoms with Crippen molar-refractivity contribution >= 4 is 11.9 Å². The van der Waals surface area contributed by atoms with Crippen LogP contribution < -0.4 is 10.1 Å². The van der Waals surface area contributed by atoms with Crippen LogP contribution in [0.1, 0.15) is 49.9 Å². The minimum atomic E-state index is -0.398. The van der Waals surface area contributed by atoms with Crippen LogP contribution in [0.15, 0.2) is 24.3 Å². The number of benzene rings is 1. The average molecular weight is 307 g/mol. The molecular formula is C17H25NO4. The molecule has 1 aromatic carbocycles. The Morgan fingerprint density at radius 3 is 2.45 bits per heavy atom. The smallest absolute Gasteiger partial charge is 0.337 e. The van der Waals surface area contributed by atoms with Gasteiger partial charge in [0.2, 0.25) is 0 Å². The summed E-state index contributed by atoms with van der Waals surface area (Å²) in [6.07, 6.45) is 4.45. The molecule has 0 radical (unpaired) electrons.